The molecule has 47 heavy (non-hydrogen) atoms. The SMILES string of the molecule is NC(CO)(CO)CO.O=C(O)c1ccnc(N2CC(O)(c3ccc(OCc4c(-c5c(Cl)cccc5Cl)noc4C4CC4)cc3Cl)C2)c1. The number of carbonyl (C=O) groups is 1. The van der Waals surface area contributed by atoms with Gasteiger partial charge in [-0.1, -0.05) is 52.1 Å². The Morgan fingerprint density at radius 3 is 2.23 bits per heavy atom. The van der Waals surface area contributed by atoms with Crippen LogP contribution in [0.4, 0.5) is 5.82 Å². The van der Waals surface area contributed by atoms with Crippen LogP contribution in [-0.4, -0.2) is 80.1 Å². The Kier molecular flexibility index (Phi) is 10.6. The molecule has 2 aromatic heterocycles. The number of aliphatic hydroxyl groups excluding tert-OH is 3. The van der Waals surface area contributed by atoms with Gasteiger partial charge in [-0.15, -0.1) is 0 Å². The summed E-state index contributed by atoms with van der Waals surface area (Å²) in [6.45, 7) is -0.599. The average Bonchev–Trinajstić information content (AvgIpc) is 3.82. The van der Waals surface area contributed by atoms with E-state index in [4.69, 9.17) is 65.1 Å². The summed E-state index contributed by atoms with van der Waals surface area (Å²) in [4.78, 5) is 17.3. The number of nitrogens with two attached hydrogens (primary N) is 1. The summed E-state index contributed by atoms with van der Waals surface area (Å²) in [6, 6.07) is 13.3. The number of nitrogens with zero attached hydrogens (tertiary/aromatic N) is 3. The maximum atomic E-state index is 11.3. The first-order chi connectivity index (χ1) is 22.4. The molecule has 0 atom stereocenters. The minimum atomic E-state index is -1.21. The predicted octanol–water partition coefficient (Wildman–Crippen LogP) is 4.22. The molecule has 2 aromatic carbocycles. The molecular weight excluding hydrogens is 675 g/mol. The second kappa shape index (κ2) is 14.3. The molecule has 15 heteroatoms. The highest BCUT2D eigenvalue weighted by molar-refractivity contribution is 6.39. The van der Waals surface area contributed by atoms with Gasteiger partial charge in [0, 0.05) is 23.2 Å². The van der Waals surface area contributed by atoms with E-state index in [0.29, 0.717) is 49.4 Å². The van der Waals surface area contributed by atoms with Crippen molar-refractivity contribution in [1.82, 2.24) is 10.1 Å². The number of carboxylic acids is 1. The summed E-state index contributed by atoms with van der Waals surface area (Å²) < 4.78 is 11.8. The first kappa shape index (κ1) is 34.9. The smallest absolute Gasteiger partial charge is 0.335 e. The monoisotopic (exact) mass is 706 g/mol. The number of pyridine rings is 1. The topological polar surface area (TPSA) is 196 Å². The fourth-order valence-corrected chi connectivity index (χ4v) is 5.88. The summed E-state index contributed by atoms with van der Waals surface area (Å²) in [5, 5.41) is 51.0. The zero-order chi connectivity index (χ0) is 33.9. The van der Waals surface area contributed by atoms with Gasteiger partial charge in [0.2, 0.25) is 0 Å². The highest BCUT2D eigenvalue weighted by Gasteiger charge is 2.45. The lowest BCUT2D eigenvalue weighted by Gasteiger charge is -2.47. The largest absolute Gasteiger partial charge is 0.489 e. The maximum absolute atomic E-state index is 11.3. The van der Waals surface area contributed by atoms with Gasteiger partial charge in [0.15, 0.2) is 0 Å². The van der Waals surface area contributed by atoms with E-state index in [1.807, 2.05) is 0 Å². The lowest BCUT2D eigenvalue weighted by Crippen LogP contribution is -2.60. The van der Waals surface area contributed by atoms with Crippen molar-refractivity contribution in [3.05, 3.63) is 92.2 Å². The number of halogens is 3. The standard InChI is InChI=1S/C28H22Cl3N3O5.C4H11NO3/c29-20-2-1-3-21(30)24(20)25-18(26(39-33-25)15-4-5-15)12-38-17-6-7-19(22(31)11-17)28(37)13-34(14-28)23-10-16(27(35)36)8-9-32-23;5-4(1-6,2-7)3-8/h1-3,6-11,15,37H,4-5,12-14H2,(H,35,36);6-8H,1-3,5H2. The third-order valence-electron chi connectivity index (χ3n) is 7.96. The van der Waals surface area contributed by atoms with Crippen LogP contribution >= 0.6 is 34.8 Å². The summed E-state index contributed by atoms with van der Waals surface area (Å²) >= 11 is 19.5. The summed E-state index contributed by atoms with van der Waals surface area (Å²) in [5.74, 6) is 1.01. The highest BCUT2D eigenvalue weighted by atomic mass is 35.5. The van der Waals surface area contributed by atoms with E-state index < -0.39 is 36.9 Å². The van der Waals surface area contributed by atoms with Crippen LogP contribution < -0.4 is 15.4 Å². The van der Waals surface area contributed by atoms with Crippen molar-refractivity contribution >= 4 is 46.6 Å². The number of hydrogen-bond donors (Lipinski definition) is 6. The fraction of sp³-hybridized carbons (Fsp3) is 0.344. The van der Waals surface area contributed by atoms with Crippen LogP contribution in [0.3, 0.4) is 0 Å². The van der Waals surface area contributed by atoms with E-state index in [1.54, 1.807) is 41.3 Å². The Morgan fingerprint density at radius 2 is 1.68 bits per heavy atom. The van der Waals surface area contributed by atoms with Crippen molar-refractivity contribution in [2.75, 3.05) is 37.8 Å². The zero-order valence-electron chi connectivity index (χ0n) is 24.9. The van der Waals surface area contributed by atoms with E-state index in [0.717, 1.165) is 24.2 Å². The Labute approximate surface area is 284 Å². The molecule has 7 N–H and O–H groups in total. The van der Waals surface area contributed by atoms with Crippen molar-refractivity contribution in [1.29, 1.82) is 0 Å². The van der Waals surface area contributed by atoms with Gasteiger partial charge in [-0.05, 0) is 49.2 Å². The molecule has 3 heterocycles. The highest BCUT2D eigenvalue weighted by Crippen LogP contribution is 2.46. The second-order valence-electron chi connectivity index (χ2n) is 11.6. The predicted molar refractivity (Wildman–Crippen MR) is 175 cm³/mol. The Balaban J connectivity index is 0.000000483. The third-order valence-corrected chi connectivity index (χ3v) is 8.90. The average molecular weight is 708 g/mol. The molecule has 2 fully saturated rings. The lowest BCUT2D eigenvalue weighted by atomic mass is 9.86. The van der Waals surface area contributed by atoms with Crippen LogP contribution in [-0.2, 0) is 12.2 Å². The summed E-state index contributed by atoms with van der Waals surface area (Å²) in [6.07, 6.45) is 3.47. The molecule has 4 aromatic rings. The van der Waals surface area contributed by atoms with Crippen LogP contribution in [0.1, 0.15) is 46.0 Å². The maximum Gasteiger partial charge on any atom is 0.335 e. The molecule has 2 aliphatic rings. The quantitative estimate of drug-likeness (QED) is 0.130. The normalized spacial score (nSPS) is 15.4. The van der Waals surface area contributed by atoms with Crippen LogP contribution in [0.5, 0.6) is 5.75 Å². The minimum absolute atomic E-state index is 0.132. The Morgan fingerprint density at radius 1 is 1.02 bits per heavy atom. The molecule has 0 unspecified atom stereocenters. The molecule has 1 aliphatic carbocycles. The van der Waals surface area contributed by atoms with Gasteiger partial charge in [-0.2, -0.15) is 0 Å². The van der Waals surface area contributed by atoms with Gasteiger partial charge in [0.1, 0.15) is 35.2 Å². The number of rotatable bonds is 11. The number of β-amino-alcohol motifs (C(OH)–C–C–N with tert-alkyl or cyclic N) is 1. The van der Waals surface area contributed by atoms with E-state index >= 15 is 0 Å². The number of benzene rings is 2. The van der Waals surface area contributed by atoms with Crippen molar-refractivity contribution in [3.8, 4) is 17.0 Å². The first-order valence-corrected chi connectivity index (χ1v) is 15.7. The van der Waals surface area contributed by atoms with Gasteiger partial charge in [-0.3, -0.25) is 0 Å². The molecule has 12 nitrogen and oxygen atoms in total. The number of carboxylic acid groups (broad SMARTS) is 1. The molecule has 0 bridgehead atoms. The molecule has 0 radical (unpaired) electrons. The first-order valence-electron chi connectivity index (χ1n) is 14.6. The second-order valence-corrected chi connectivity index (χ2v) is 12.8. The molecule has 1 saturated heterocycles. The van der Waals surface area contributed by atoms with Gasteiger partial charge in [0.25, 0.3) is 0 Å². The van der Waals surface area contributed by atoms with E-state index in [2.05, 4.69) is 10.1 Å². The molecule has 1 aliphatic heterocycles. The number of hydrogen-bond acceptors (Lipinski definition) is 11. The van der Waals surface area contributed by atoms with Gasteiger partial charge in [-0.25, -0.2) is 9.78 Å². The van der Waals surface area contributed by atoms with Crippen molar-refractivity contribution < 1.29 is 39.6 Å². The van der Waals surface area contributed by atoms with Gasteiger partial charge >= 0.3 is 5.97 Å². The summed E-state index contributed by atoms with van der Waals surface area (Å²) in [5.41, 5.74) is 5.35. The number of ether oxygens (including phenoxy) is 1. The van der Waals surface area contributed by atoms with E-state index in [9.17, 15) is 15.0 Å². The minimum Gasteiger partial charge on any atom is -0.489 e. The summed E-state index contributed by atoms with van der Waals surface area (Å²) in [7, 11) is 0. The van der Waals surface area contributed by atoms with Crippen LogP contribution in [0.25, 0.3) is 11.3 Å². The Bertz CT molecular complexity index is 1710. The van der Waals surface area contributed by atoms with E-state index in [1.165, 1.54) is 18.3 Å². The molecule has 1 saturated carbocycles. The van der Waals surface area contributed by atoms with Crippen LogP contribution in [0, 0.1) is 0 Å². The number of anilines is 1. The van der Waals surface area contributed by atoms with E-state index in [-0.39, 0.29) is 25.3 Å². The number of aliphatic hydroxyl groups is 4. The molecule has 250 valence electrons. The van der Waals surface area contributed by atoms with Crippen molar-refractivity contribution in [2.45, 2.75) is 36.5 Å². The van der Waals surface area contributed by atoms with Gasteiger partial charge < -0.3 is 45.4 Å². The number of aromatic carboxylic acids is 1. The fourth-order valence-electron chi connectivity index (χ4n) is 4.96. The molecule has 0 amide bonds. The third kappa shape index (κ3) is 7.66. The van der Waals surface area contributed by atoms with Gasteiger partial charge in [0.05, 0.1) is 64.6 Å². The van der Waals surface area contributed by atoms with Crippen LogP contribution in [0.2, 0.25) is 15.1 Å². The zero-order valence-corrected chi connectivity index (χ0v) is 27.2. The van der Waals surface area contributed by atoms with Crippen LogP contribution in [0.15, 0.2) is 59.3 Å². The Hall–Kier alpha value is -3.46. The molecular formula is C32H33Cl3N4O8. The molecule has 6 rings (SSSR count). The van der Waals surface area contributed by atoms with Crippen molar-refractivity contribution in [3.63, 3.8) is 0 Å². The lowest BCUT2D eigenvalue weighted by molar-refractivity contribution is 0.00711. The van der Waals surface area contributed by atoms with Crippen molar-refractivity contribution in [2.24, 2.45) is 5.73 Å². The molecule has 0 spiro atoms. The number of aromatic nitrogens is 2.